The quantitative estimate of drug-likeness (QED) is 0.343. The average molecular weight is 447 g/mol. The molecule has 0 spiro atoms. The van der Waals surface area contributed by atoms with E-state index in [0.29, 0.717) is 11.3 Å². The molecule has 0 aliphatic rings. The Bertz CT molecular complexity index is 1070. The van der Waals surface area contributed by atoms with Crippen molar-refractivity contribution in [2.24, 2.45) is 5.73 Å². The number of hydrogen-bond donors (Lipinski definition) is 2. The number of Topliss-reactive ketones (excluding diaryl/α,β-unsaturated/α-hetero) is 1. The number of carbonyl (C=O) groups excluding carboxylic acids is 1. The van der Waals surface area contributed by atoms with E-state index >= 15 is 0 Å². The zero-order valence-electron chi connectivity index (χ0n) is 16.6. The normalized spacial score (nSPS) is 12.9. The van der Waals surface area contributed by atoms with Crippen LogP contribution in [0.3, 0.4) is 0 Å². The molecule has 2 aromatic carbocycles. The summed E-state index contributed by atoms with van der Waals surface area (Å²) in [4.78, 5) is 12.8. The van der Waals surface area contributed by atoms with Gasteiger partial charge in [0.1, 0.15) is 11.6 Å². The second kappa shape index (κ2) is 10.1. The van der Waals surface area contributed by atoms with E-state index in [-0.39, 0.29) is 27.4 Å². The molecule has 0 aromatic heterocycles. The number of sulfonamides is 1. The Hall–Kier alpha value is -3.03. The number of benzene rings is 2. The first-order chi connectivity index (χ1) is 14.1. The molecule has 0 heterocycles. The first-order valence-electron chi connectivity index (χ1n) is 9.02. The van der Waals surface area contributed by atoms with Crippen LogP contribution in [0.4, 0.5) is 0 Å². The number of ether oxygens (including phenoxy) is 1. The minimum atomic E-state index is -4.05. The third-order valence-corrected chi connectivity index (χ3v) is 5.44. The number of ketones is 1. The van der Waals surface area contributed by atoms with Crippen molar-refractivity contribution in [1.29, 1.82) is 0 Å². The van der Waals surface area contributed by atoms with Gasteiger partial charge in [0.05, 0.1) is 16.6 Å². The van der Waals surface area contributed by atoms with Crippen LogP contribution < -0.4 is 15.2 Å². The van der Waals surface area contributed by atoms with Gasteiger partial charge >= 0.3 is 0 Å². The van der Waals surface area contributed by atoms with Crippen LogP contribution in [0.1, 0.15) is 24.2 Å². The number of hydrogen-bond acceptors (Lipinski definition) is 5. The number of rotatable bonds is 9. The van der Waals surface area contributed by atoms with Gasteiger partial charge in [-0.2, -0.15) is 0 Å². The van der Waals surface area contributed by atoms with Crippen LogP contribution in [-0.4, -0.2) is 20.3 Å². The maximum Gasteiger partial charge on any atom is 0.263 e. The molecular weight excluding hydrogens is 424 g/mol. The van der Waals surface area contributed by atoms with Crippen LogP contribution in [0.15, 0.2) is 94.7 Å². The Labute approximate surface area is 181 Å². The molecule has 8 heteroatoms. The SMILES string of the molecule is C=C/C(Cl)=C\C(C(=O)c1ccccc1)=C(/N)NS(=O)(=O)c1ccc(OC(C)C)cc1. The molecule has 0 saturated heterocycles. The van der Waals surface area contributed by atoms with Gasteiger partial charge in [0.15, 0.2) is 5.78 Å². The lowest BCUT2D eigenvalue weighted by atomic mass is 10.0. The summed E-state index contributed by atoms with van der Waals surface area (Å²) in [6.45, 7) is 7.26. The van der Waals surface area contributed by atoms with Gasteiger partial charge in [-0.15, -0.1) is 0 Å². The molecule has 0 bridgehead atoms. The molecule has 0 aliphatic heterocycles. The molecule has 0 saturated carbocycles. The maximum atomic E-state index is 12.9. The van der Waals surface area contributed by atoms with E-state index in [1.807, 2.05) is 13.8 Å². The molecular formula is C22H23ClN2O4S. The van der Waals surface area contributed by atoms with Gasteiger partial charge in [0, 0.05) is 10.6 Å². The Balaban J connectivity index is 2.41. The van der Waals surface area contributed by atoms with Gasteiger partial charge in [0.2, 0.25) is 0 Å². The summed E-state index contributed by atoms with van der Waals surface area (Å²) in [7, 11) is -4.05. The second-order valence-electron chi connectivity index (χ2n) is 6.50. The molecule has 0 radical (unpaired) electrons. The number of halogens is 1. The standard InChI is InChI=1S/C22H23ClN2O4S/c1-4-17(23)14-20(21(26)16-8-6-5-7-9-16)22(24)25-30(27,28)19-12-10-18(11-13-19)29-15(2)3/h4-15,25H,1,24H2,2-3H3/b17-14+,22-20-. The number of allylic oxidation sites excluding steroid dienone is 4. The summed E-state index contributed by atoms with van der Waals surface area (Å²) in [6, 6.07) is 14.2. The topological polar surface area (TPSA) is 98.5 Å². The fraction of sp³-hybridized carbons (Fsp3) is 0.136. The van der Waals surface area contributed by atoms with Gasteiger partial charge in [-0.3, -0.25) is 9.52 Å². The monoisotopic (exact) mass is 446 g/mol. The lowest BCUT2D eigenvalue weighted by Gasteiger charge is -2.13. The van der Waals surface area contributed by atoms with Crippen molar-refractivity contribution in [3.63, 3.8) is 0 Å². The number of carbonyl (C=O) groups is 1. The number of nitrogens with two attached hydrogens (primary N) is 1. The van der Waals surface area contributed by atoms with E-state index < -0.39 is 15.8 Å². The van der Waals surface area contributed by atoms with E-state index in [1.54, 1.807) is 42.5 Å². The molecule has 0 fully saturated rings. The van der Waals surface area contributed by atoms with Crippen molar-refractivity contribution < 1.29 is 17.9 Å². The minimum Gasteiger partial charge on any atom is -0.491 e. The highest BCUT2D eigenvalue weighted by molar-refractivity contribution is 7.89. The summed E-state index contributed by atoms with van der Waals surface area (Å²) in [5.74, 6) is -0.309. The highest BCUT2D eigenvalue weighted by Gasteiger charge is 2.20. The molecule has 0 amide bonds. The molecule has 6 nitrogen and oxygen atoms in total. The van der Waals surface area contributed by atoms with Gasteiger partial charge in [0.25, 0.3) is 10.0 Å². The Morgan fingerprint density at radius 2 is 1.73 bits per heavy atom. The summed E-state index contributed by atoms with van der Waals surface area (Å²) in [6.07, 6.45) is 2.54. The third-order valence-electron chi connectivity index (χ3n) is 3.80. The zero-order valence-corrected chi connectivity index (χ0v) is 18.2. The Kier molecular flexibility index (Phi) is 7.86. The van der Waals surface area contributed by atoms with Gasteiger partial charge in [-0.05, 0) is 44.2 Å². The van der Waals surface area contributed by atoms with Crippen LogP contribution in [0.2, 0.25) is 0 Å². The average Bonchev–Trinajstić information content (AvgIpc) is 2.71. The van der Waals surface area contributed by atoms with Crippen LogP contribution >= 0.6 is 11.6 Å². The van der Waals surface area contributed by atoms with Crippen molar-refractivity contribution in [3.8, 4) is 5.75 Å². The lowest BCUT2D eigenvalue weighted by Crippen LogP contribution is -2.30. The molecule has 2 aromatic rings. The molecule has 158 valence electrons. The highest BCUT2D eigenvalue weighted by atomic mass is 35.5. The minimum absolute atomic E-state index is 0.0353. The second-order valence-corrected chi connectivity index (χ2v) is 8.62. The predicted molar refractivity (Wildman–Crippen MR) is 119 cm³/mol. The van der Waals surface area contributed by atoms with E-state index in [4.69, 9.17) is 22.1 Å². The fourth-order valence-corrected chi connectivity index (χ4v) is 3.56. The molecule has 3 N–H and O–H groups in total. The van der Waals surface area contributed by atoms with Crippen molar-refractivity contribution in [1.82, 2.24) is 4.72 Å². The summed E-state index contributed by atoms with van der Waals surface area (Å²) >= 11 is 5.99. The smallest absolute Gasteiger partial charge is 0.263 e. The van der Waals surface area contributed by atoms with Crippen LogP contribution in [0.25, 0.3) is 0 Å². The summed E-state index contributed by atoms with van der Waals surface area (Å²) < 4.78 is 33.2. The first kappa shape index (κ1) is 23.3. The van der Waals surface area contributed by atoms with Crippen LogP contribution in [0.5, 0.6) is 5.75 Å². The van der Waals surface area contributed by atoms with E-state index in [9.17, 15) is 13.2 Å². The molecule has 0 atom stereocenters. The maximum absolute atomic E-state index is 12.9. The third kappa shape index (κ3) is 6.23. The van der Waals surface area contributed by atoms with Crippen molar-refractivity contribution in [3.05, 3.63) is 95.3 Å². The largest absolute Gasteiger partial charge is 0.491 e. The highest BCUT2D eigenvalue weighted by Crippen LogP contribution is 2.19. The van der Waals surface area contributed by atoms with Gasteiger partial charge in [-0.1, -0.05) is 54.6 Å². The van der Waals surface area contributed by atoms with Crippen molar-refractivity contribution in [2.75, 3.05) is 0 Å². The Morgan fingerprint density at radius 1 is 1.13 bits per heavy atom. The number of nitrogens with one attached hydrogen (secondary N) is 1. The first-order valence-corrected chi connectivity index (χ1v) is 10.9. The molecule has 0 aliphatic carbocycles. The van der Waals surface area contributed by atoms with Crippen molar-refractivity contribution >= 4 is 27.4 Å². The van der Waals surface area contributed by atoms with E-state index in [2.05, 4.69) is 11.3 Å². The lowest BCUT2D eigenvalue weighted by molar-refractivity contribution is 0.103. The van der Waals surface area contributed by atoms with Crippen molar-refractivity contribution in [2.45, 2.75) is 24.8 Å². The van der Waals surface area contributed by atoms with Crippen LogP contribution in [0, 0.1) is 0 Å². The van der Waals surface area contributed by atoms with Gasteiger partial charge in [-0.25, -0.2) is 8.42 Å². The predicted octanol–water partition coefficient (Wildman–Crippen LogP) is 4.11. The molecule has 30 heavy (non-hydrogen) atoms. The fourth-order valence-electron chi connectivity index (χ4n) is 2.44. The summed E-state index contributed by atoms with van der Waals surface area (Å²) in [5.41, 5.74) is 6.21. The molecule has 2 rings (SSSR count). The van der Waals surface area contributed by atoms with E-state index in [1.165, 1.54) is 24.3 Å². The molecule has 0 unspecified atom stereocenters. The summed E-state index contributed by atoms with van der Waals surface area (Å²) in [5, 5.41) is 0.131. The zero-order chi connectivity index (χ0) is 22.3. The van der Waals surface area contributed by atoms with Crippen LogP contribution in [-0.2, 0) is 10.0 Å². The van der Waals surface area contributed by atoms with E-state index in [0.717, 1.165) is 0 Å². The Morgan fingerprint density at radius 3 is 2.27 bits per heavy atom. The van der Waals surface area contributed by atoms with Gasteiger partial charge < -0.3 is 10.5 Å².